The van der Waals surface area contributed by atoms with Gasteiger partial charge in [-0.2, -0.15) is 0 Å². The topological polar surface area (TPSA) is 29.5 Å². The molecule has 0 radical (unpaired) electrons. The molecule has 0 aliphatic carbocycles. The average molecular weight is 678 g/mol. The molecule has 248 valence electrons. The van der Waals surface area contributed by atoms with E-state index in [1.54, 1.807) is 0 Å². The van der Waals surface area contributed by atoms with Crippen LogP contribution in [-0.4, -0.2) is 0 Å². The highest BCUT2D eigenvalue weighted by Gasteiger charge is 2.20. The van der Waals surface area contributed by atoms with E-state index >= 15 is 0 Å². The van der Waals surface area contributed by atoms with Gasteiger partial charge >= 0.3 is 0 Å². The van der Waals surface area contributed by atoms with Gasteiger partial charge in [-0.15, -0.1) is 0 Å². The third-order valence-electron chi connectivity index (χ3n) is 10.7. The van der Waals surface area contributed by atoms with Crippen LogP contribution in [0.2, 0.25) is 0 Å². The first kappa shape index (κ1) is 29.6. The van der Waals surface area contributed by atoms with Gasteiger partial charge in [-0.05, 0) is 92.8 Å². The summed E-state index contributed by atoms with van der Waals surface area (Å²) in [5, 5.41) is 9.34. The quantitative estimate of drug-likeness (QED) is 0.170. The lowest BCUT2D eigenvalue weighted by Gasteiger charge is -2.27. The predicted octanol–water partition coefficient (Wildman–Crippen LogP) is 14.6. The Labute approximate surface area is 305 Å². The van der Waals surface area contributed by atoms with Crippen molar-refractivity contribution in [3.05, 3.63) is 188 Å². The minimum Gasteiger partial charge on any atom is -0.456 e. The third kappa shape index (κ3) is 4.75. The Morgan fingerprint density at radius 3 is 1.89 bits per heavy atom. The number of rotatable bonds is 5. The second-order valence-corrected chi connectivity index (χ2v) is 13.7. The van der Waals surface area contributed by atoms with Gasteiger partial charge in [-0.3, -0.25) is 0 Å². The number of anilines is 3. The Morgan fingerprint density at radius 1 is 0.340 bits per heavy atom. The van der Waals surface area contributed by atoms with E-state index in [-0.39, 0.29) is 0 Å². The van der Waals surface area contributed by atoms with Crippen molar-refractivity contribution < 1.29 is 8.83 Å². The Bertz CT molecular complexity index is 3170. The van der Waals surface area contributed by atoms with E-state index < -0.39 is 0 Å². The smallest absolute Gasteiger partial charge is 0.143 e. The van der Waals surface area contributed by atoms with Crippen molar-refractivity contribution in [2.75, 3.05) is 4.90 Å². The van der Waals surface area contributed by atoms with Crippen molar-refractivity contribution in [1.29, 1.82) is 0 Å². The van der Waals surface area contributed by atoms with Crippen LogP contribution in [0.3, 0.4) is 0 Å². The fourth-order valence-electron chi connectivity index (χ4n) is 8.12. The molecule has 11 aromatic rings. The van der Waals surface area contributed by atoms with E-state index in [4.69, 9.17) is 8.83 Å². The zero-order valence-corrected chi connectivity index (χ0v) is 28.7. The van der Waals surface area contributed by atoms with E-state index in [0.29, 0.717) is 0 Å². The first-order valence-electron chi connectivity index (χ1n) is 18.0. The molecule has 0 atom stereocenters. The van der Waals surface area contributed by atoms with Crippen LogP contribution in [-0.2, 0) is 0 Å². The molecule has 0 bridgehead atoms. The van der Waals surface area contributed by atoms with E-state index in [0.717, 1.165) is 83.2 Å². The summed E-state index contributed by atoms with van der Waals surface area (Å²) in [7, 11) is 0. The largest absolute Gasteiger partial charge is 0.456 e. The van der Waals surface area contributed by atoms with Gasteiger partial charge < -0.3 is 13.7 Å². The van der Waals surface area contributed by atoms with E-state index in [2.05, 4.69) is 175 Å². The van der Waals surface area contributed by atoms with E-state index in [9.17, 15) is 0 Å². The maximum Gasteiger partial charge on any atom is 0.143 e. The van der Waals surface area contributed by atoms with Gasteiger partial charge in [0.15, 0.2) is 0 Å². The molecular weight excluding hydrogens is 647 g/mol. The van der Waals surface area contributed by atoms with Crippen LogP contribution in [0.5, 0.6) is 0 Å². The highest BCUT2D eigenvalue weighted by atomic mass is 16.3. The lowest BCUT2D eigenvalue weighted by atomic mass is 9.99. The minimum atomic E-state index is 0.868. The summed E-state index contributed by atoms with van der Waals surface area (Å²) in [6.07, 6.45) is 0. The van der Waals surface area contributed by atoms with Gasteiger partial charge in [0.2, 0.25) is 0 Å². The number of para-hydroxylation sites is 2. The van der Waals surface area contributed by atoms with Gasteiger partial charge in [-0.25, -0.2) is 0 Å². The maximum absolute atomic E-state index is 6.48. The van der Waals surface area contributed by atoms with Crippen LogP contribution in [0.4, 0.5) is 17.1 Å². The molecule has 0 aliphatic heterocycles. The standard InChI is InChI=1S/C50H31NO2/c1-2-10-33(11-3-1)40-15-8-16-41-44-30-36(25-29-47(44)53-50(40)41)32-22-26-37(27-23-32)51(45-17-9-19-48-49(45)42-14-6-7-18-46(42)52-48)38-28-24-35-21-20-34-12-4-5-13-39(34)43(35)31-38/h1-31H. The molecule has 0 aliphatic rings. The summed E-state index contributed by atoms with van der Waals surface area (Å²) in [4.78, 5) is 2.37. The molecule has 2 aromatic heterocycles. The van der Waals surface area contributed by atoms with Gasteiger partial charge in [-0.1, -0.05) is 133 Å². The van der Waals surface area contributed by atoms with E-state index in [1.807, 2.05) is 18.2 Å². The van der Waals surface area contributed by atoms with Crippen LogP contribution < -0.4 is 4.90 Å². The molecule has 3 heteroatoms. The number of furan rings is 2. The van der Waals surface area contributed by atoms with Crippen molar-refractivity contribution >= 4 is 82.5 Å². The first-order chi connectivity index (χ1) is 26.3. The minimum absolute atomic E-state index is 0.868. The molecule has 0 saturated heterocycles. The molecule has 2 heterocycles. The summed E-state index contributed by atoms with van der Waals surface area (Å²) in [6, 6.07) is 66.8. The van der Waals surface area contributed by atoms with Gasteiger partial charge in [0.25, 0.3) is 0 Å². The number of hydrogen-bond acceptors (Lipinski definition) is 3. The number of fused-ring (bicyclic) bond motifs is 9. The lowest BCUT2D eigenvalue weighted by Crippen LogP contribution is -2.10. The summed E-state index contributed by atoms with van der Waals surface area (Å²) in [5.74, 6) is 0. The van der Waals surface area contributed by atoms with Crippen LogP contribution in [0.25, 0.3) is 87.7 Å². The lowest BCUT2D eigenvalue weighted by molar-refractivity contribution is 0.669. The maximum atomic E-state index is 6.48. The molecule has 53 heavy (non-hydrogen) atoms. The summed E-state index contributed by atoms with van der Waals surface area (Å²) in [6.45, 7) is 0. The molecule has 0 N–H and O–H groups in total. The average Bonchev–Trinajstić information content (AvgIpc) is 3.80. The molecular formula is C50H31NO2. The third-order valence-corrected chi connectivity index (χ3v) is 10.7. The molecule has 3 nitrogen and oxygen atoms in total. The molecule has 0 saturated carbocycles. The normalized spacial score (nSPS) is 11.8. The highest BCUT2D eigenvalue weighted by molar-refractivity contribution is 6.15. The van der Waals surface area contributed by atoms with Crippen LogP contribution in [0, 0.1) is 0 Å². The Hall–Kier alpha value is -7.10. The van der Waals surface area contributed by atoms with Crippen LogP contribution in [0.15, 0.2) is 197 Å². The van der Waals surface area contributed by atoms with Crippen molar-refractivity contribution in [3.63, 3.8) is 0 Å². The molecule has 0 fully saturated rings. The van der Waals surface area contributed by atoms with E-state index in [1.165, 1.54) is 21.5 Å². The Kier molecular flexibility index (Phi) is 6.55. The summed E-state index contributed by atoms with van der Waals surface area (Å²) in [5.41, 5.74) is 11.3. The molecule has 0 amide bonds. The summed E-state index contributed by atoms with van der Waals surface area (Å²) < 4.78 is 12.9. The van der Waals surface area contributed by atoms with Gasteiger partial charge in [0, 0.05) is 33.1 Å². The Balaban J connectivity index is 1.07. The zero-order chi connectivity index (χ0) is 34.9. The first-order valence-corrected chi connectivity index (χ1v) is 18.0. The second-order valence-electron chi connectivity index (χ2n) is 13.7. The highest BCUT2D eigenvalue weighted by Crippen LogP contribution is 2.45. The SMILES string of the molecule is c1ccc(-c2cccc3c2oc2ccc(-c4ccc(N(c5ccc6ccc7ccccc7c6c5)c5cccc6oc7ccccc7c56)cc4)cc23)cc1. The van der Waals surface area contributed by atoms with Crippen LogP contribution in [0.1, 0.15) is 0 Å². The predicted molar refractivity (Wildman–Crippen MR) is 222 cm³/mol. The Morgan fingerprint density at radius 2 is 1.00 bits per heavy atom. The summed E-state index contributed by atoms with van der Waals surface area (Å²) >= 11 is 0. The van der Waals surface area contributed by atoms with Gasteiger partial charge in [0.1, 0.15) is 22.3 Å². The molecule has 9 aromatic carbocycles. The van der Waals surface area contributed by atoms with Crippen molar-refractivity contribution in [1.82, 2.24) is 0 Å². The second kappa shape index (κ2) is 11.7. The van der Waals surface area contributed by atoms with Crippen LogP contribution >= 0.6 is 0 Å². The van der Waals surface area contributed by atoms with Crippen molar-refractivity contribution in [2.45, 2.75) is 0 Å². The fraction of sp³-hybridized carbons (Fsp3) is 0. The fourth-order valence-corrected chi connectivity index (χ4v) is 8.12. The molecule has 0 spiro atoms. The van der Waals surface area contributed by atoms with Crippen molar-refractivity contribution in [2.24, 2.45) is 0 Å². The number of nitrogens with zero attached hydrogens (tertiary/aromatic N) is 1. The number of hydrogen-bond donors (Lipinski definition) is 0. The number of benzene rings is 9. The molecule has 0 unspecified atom stereocenters. The van der Waals surface area contributed by atoms with Crippen molar-refractivity contribution in [3.8, 4) is 22.3 Å². The zero-order valence-electron chi connectivity index (χ0n) is 28.7. The molecule has 11 rings (SSSR count). The van der Waals surface area contributed by atoms with Gasteiger partial charge in [0.05, 0.1) is 11.1 Å². The monoisotopic (exact) mass is 677 g/mol.